The van der Waals surface area contributed by atoms with Gasteiger partial charge in [0, 0.05) is 17.3 Å². The van der Waals surface area contributed by atoms with Crippen molar-refractivity contribution < 1.29 is 4.74 Å². The van der Waals surface area contributed by atoms with Gasteiger partial charge in [0.25, 0.3) is 0 Å². The third-order valence-corrected chi connectivity index (χ3v) is 5.12. The monoisotopic (exact) mass is 252 g/mol. The summed E-state index contributed by atoms with van der Waals surface area (Å²) in [6, 6.07) is 0. The molecule has 3 atom stereocenters. The van der Waals surface area contributed by atoms with Gasteiger partial charge in [-0.15, -0.1) is 11.3 Å². The lowest BCUT2D eigenvalue weighted by atomic mass is 9.90. The van der Waals surface area contributed by atoms with Crippen molar-refractivity contribution in [2.24, 2.45) is 0 Å². The maximum Gasteiger partial charge on any atom is 0.0989 e. The molecule has 2 aliphatic rings. The van der Waals surface area contributed by atoms with E-state index in [0.717, 1.165) is 13.0 Å². The zero-order valence-corrected chi connectivity index (χ0v) is 11.3. The van der Waals surface area contributed by atoms with E-state index in [1.54, 1.807) is 0 Å². The molecule has 2 bridgehead atoms. The van der Waals surface area contributed by atoms with Gasteiger partial charge < -0.3 is 10.1 Å². The van der Waals surface area contributed by atoms with E-state index < -0.39 is 0 Å². The minimum atomic E-state index is 0.457. The minimum Gasteiger partial charge on any atom is -0.374 e. The van der Waals surface area contributed by atoms with Crippen LogP contribution in [0.1, 0.15) is 47.7 Å². The van der Waals surface area contributed by atoms with E-state index in [1.165, 1.54) is 34.8 Å². The molecule has 3 heterocycles. The summed E-state index contributed by atoms with van der Waals surface area (Å²) in [5.41, 5.74) is 1.28. The Balaban J connectivity index is 1.83. The van der Waals surface area contributed by atoms with Gasteiger partial charge in [-0.05, 0) is 32.7 Å². The number of fused-ring (bicyclic) bond motifs is 2. The van der Waals surface area contributed by atoms with Crippen LogP contribution in [0.15, 0.2) is 0 Å². The van der Waals surface area contributed by atoms with Crippen molar-refractivity contribution in [3.63, 3.8) is 0 Å². The number of nitrogens with one attached hydrogen (secondary N) is 1. The van der Waals surface area contributed by atoms with E-state index >= 15 is 0 Å². The highest BCUT2D eigenvalue weighted by molar-refractivity contribution is 7.11. The van der Waals surface area contributed by atoms with Crippen LogP contribution in [0, 0.1) is 0 Å². The zero-order chi connectivity index (χ0) is 11.8. The van der Waals surface area contributed by atoms with Crippen molar-refractivity contribution in [1.29, 1.82) is 0 Å². The van der Waals surface area contributed by atoms with Crippen LogP contribution in [0.3, 0.4) is 0 Å². The average molecular weight is 252 g/mol. The highest BCUT2D eigenvalue weighted by Crippen LogP contribution is 2.45. The second-order valence-corrected chi connectivity index (χ2v) is 6.14. The number of aryl methyl sites for hydroxylation is 1. The fourth-order valence-electron chi connectivity index (χ4n) is 3.03. The Hall–Kier alpha value is -0.450. The van der Waals surface area contributed by atoms with Gasteiger partial charge in [-0.25, -0.2) is 4.98 Å². The fraction of sp³-hybridized carbons (Fsp3) is 0.769. The van der Waals surface area contributed by atoms with Crippen LogP contribution >= 0.6 is 11.3 Å². The summed E-state index contributed by atoms with van der Waals surface area (Å²) in [7, 11) is 2.00. The van der Waals surface area contributed by atoms with Crippen molar-refractivity contribution in [2.45, 2.75) is 57.3 Å². The highest BCUT2D eigenvalue weighted by atomic mass is 32.1. The molecule has 3 unspecified atom stereocenters. The van der Waals surface area contributed by atoms with E-state index in [2.05, 4.69) is 12.2 Å². The molecule has 2 fully saturated rings. The Morgan fingerprint density at radius 1 is 1.47 bits per heavy atom. The smallest absolute Gasteiger partial charge is 0.0989 e. The first-order valence-electron chi connectivity index (χ1n) is 6.60. The first-order valence-corrected chi connectivity index (χ1v) is 7.42. The van der Waals surface area contributed by atoms with Crippen LogP contribution in [-0.2, 0) is 17.7 Å². The number of ether oxygens (including phenoxy) is 1. The van der Waals surface area contributed by atoms with E-state index in [-0.39, 0.29) is 0 Å². The molecule has 3 rings (SSSR count). The number of aromatic nitrogens is 1. The normalized spacial score (nSPS) is 31.3. The van der Waals surface area contributed by atoms with E-state index in [1.807, 2.05) is 18.4 Å². The quantitative estimate of drug-likeness (QED) is 0.894. The summed E-state index contributed by atoms with van der Waals surface area (Å²) in [5, 5.41) is 4.55. The predicted molar refractivity (Wildman–Crippen MR) is 69.5 cm³/mol. The Morgan fingerprint density at radius 2 is 2.35 bits per heavy atom. The SMILES string of the molecule is CCc1nc(C2CC3CCC2O3)sc1CNC. The summed E-state index contributed by atoms with van der Waals surface area (Å²) in [4.78, 5) is 6.26. The van der Waals surface area contributed by atoms with Crippen LogP contribution in [-0.4, -0.2) is 24.2 Å². The van der Waals surface area contributed by atoms with Gasteiger partial charge >= 0.3 is 0 Å². The van der Waals surface area contributed by atoms with Crippen LogP contribution in [0.5, 0.6) is 0 Å². The number of rotatable bonds is 4. The lowest BCUT2D eigenvalue weighted by Crippen LogP contribution is -2.14. The zero-order valence-electron chi connectivity index (χ0n) is 10.5. The van der Waals surface area contributed by atoms with Gasteiger partial charge in [-0.3, -0.25) is 0 Å². The standard InChI is InChI=1S/C13H20N2OS/c1-3-10-12(7-14-2)17-13(15-10)9-6-8-4-5-11(9)16-8/h8-9,11,14H,3-7H2,1-2H3. The minimum absolute atomic E-state index is 0.457. The molecular formula is C13H20N2OS. The second kappa shape index (κ2) is 4.67. The molecule has 2 aliphatic heterocycles. The molecule has 4 heteroatoms. The molecule has 0 amide bonds. The Kier molecular flexibility index (Phi) is 3.19. The topological polar surface area (TPSA) is 34.1 Å². The molecule has 2 saturated heterocycles. The number of hydrogen-bond acceptors (Lipinski definition) is 4. The van der Waals surface area contributed by atoms with Crippen LogP contribution in [0.25, 0.3) is 0 Å². The molecule has 1 aromatic rings. The van der Waals surface area contributed by atoms with Crippen molar-refractivity contribution in [3.8, 4) is 0 Å². The number of hydrogen-bond donors (Lipinski definition) is 1. The van der Waals surface area contributed by atoms with E-state index in [0.29, 0.717) is 18.1 Å². The second-order valence-electron chi connectivity index (χ2n) is 5.02. The molecule has 0 spiro atoms. The Labute approximate surface area is 107 Å². The van der Waals surface area contributed by atoms with Gasteiger partial charge in [0.15, 0.2) is 0 Å². The first-order chi connectivity index (χ1) is 8.31. The highest BCUT2D eigenvalue weighted by Gasteiger charge is 2.43. The maximum absolute atomic E-state index is 5.93. The van der Waals surface area contributed by atoms with Gasteiger partial charge in [0.05, 0.1) is 22.9 Å². The summed E-state index contributed by atoms with van der Waals surface area (Å²) >= 11 is 1.89. The van der Waals surface area contributed by atoms with Gasteiger partial charge in [0.1, 0.15) is 0 Å². The molecular weight excluding hydrogens is 232 g/mol. The van der Waals surface area contributed by atoms with Crippen LogP contribution in [0.2, 0.25) is 0 Å². The number of nitrogens with zero attached hydrogens (tertiary/aromatic N) is 1. The first kappa shape index (κ1) is 11.6. The molecule has 1 N–H and O–H groups in total. The lowest BCUT2D eigenvalue weighted by Gasteiger charge is -2.15. The summed E-state index contributed by atoms with van der Waals surface area (Å²) in [6.07, 6.45) is 5.70. The predicted octanol–water partition coefficient (Wildman–Crippen LogP) is 2.46. The molecule has 0 radical (unpaired) electrons. The third-order valence-electron chi connectivity index (χ3n) is 3.89. The molecule has 0 aromatic carbocycles. The Morgan fingerprint density at radius 3 is 2.94 bits per heavy atom. The van der Waals surface area contributed by atoms with E-state index in [9.17, 15) is 0 Å². The van der Waals surface area contributed by atoms with Crippen molar-refractivity contribution in [3.05, 3.63) is 15.6 Å². The maximum atomic E-state index is 5.93. The molecule has 17 heavy (non-hydrogen) atoms. The summed E-state index contributed by atoms with van der Waals surface area (Å²) < 4.78 is 5.93. The fourth-order valence-corrected chi connectivity index (χ4v) is 4.37. The lowest BCUT2D eigenvalue weighted by molar-refractivity contribution is 0.100. The van der Waals surface area contributed by atoms with E-state index in [4.69, 9.17) is 9.72 Å². The molecule has 3 nitrogen and oxygen atoms in total. The van der Waals surface area contributed by atoms with Crippen molar-refractivity contribution in [2.75, 3.05) is 7.05 Å². The van der Waals surface area contributed by atoms with Crippen molar-refractivity contribution in [1.82, 2.24) is 10.3 Å². The average Bonchev–Trinajstić information content (AvgIpc) is 3.02. The summed E-state index contributed by atoms with van der Waals surface area (Å²) in [6.45, 7) is 3.14. The van der Waals surface area contributed by atoms with Gasteiger partial charge in [-0.1, -0.05) is 6.92 Å². The molecule has 94 valence electrons. The Bertz CT molecular complexity index is 404. The van der Waals surface area contributed by atoms with Crippen LogP contribution < -0.4 is 5.32 Å². The molecule has 0 saturated carbocycles. The molecule has 1 aromatic heterocycles. The largest absolute Gasteiger partial charge is 0.374 e. The van der Waals surface area contributed by atoms with Gasteiger partial charge in [-0.2, -0.15) is 0 Å². The summed E-state index contributed by atoms with van der Waals surface area (Å²) in [5.74, 6) is 0.578. The third kappa shape index (κ3) is 2.02. The van der Waals surface area contributed by atoms with Gasteiger partial charge in [0.2, 0.25) is 0 Å². The van der Waals surface area contributed by atoms with Crippen molar-refractivity contribution >= 4 is 11.3 Å². The number of thiazole rings is 1. The van der Waals surface area contributed by atoms with Crippen LogP contribution in [0.4, 0.5) is 0 Å². The molecule has 0 aliphatic carbocycles.